The predicted octanol–water partition coefficient (Wildman–Crippen LogP) is 4.17. The zero-order chi connectivity index (χ0) is 16.7. The summed E-state index contributed by atoms with van der Waals surface area (Å²) in [6.07, 6.45) is 1.89. The highest BCUT2D eigenvalue weighted by molar-refractivity contribution is 9.10. The Hall–Kier alpha value is -2.27. The Kier molecular flexibility index (Phi) is 3.81. The highest BCUT2D eigenvalue weighted by Crippen LogP contribution is 2.41. The molecule has 0 radical (unpaired) electrons. The Morgan fingerprint density at radius 2 is 2.00 bits per heavy atom. The van der Waals surface area contributed by atoms with Gasteiger partial charge in [0.25, 0.3) is 0 Å². The van der Waals surface area contributed by atoms with Crippen LogP contribution in [-0.2, 0) is 6.42 Å². The lowest BCUT2D eigenvalue weighted by molar-refractivity contribution is 0.240. The average Bonchev–Trinajstić information content (AvgIpc) is 2.61. The number of fused-ring (bicyclic) bond motifs is 2. The van der Waals surface area contributed by atoms with Gasteiger partial charge in [0.05, 0.1) is 18.8 Å². The quantitative estimate of drug-likeness (QED) is 0.816. The molecule has 2 aliphatic rings. The molecular weight excluding hydrogens is 368 g/mol. The standard InChI is InChI=1S/C19H17BrN2O2/c1-24-12-7-9-16(20)15(10-12)18-14-8-6-11-4-2-3-5-13(11)17(14)21-19(23)22-18/h2-5,7,9-10,18H,6,8H2,1H3,(H2,21,22,23). The molecule has 1 atom stereocenters. The number of amides is 2. The molecule has 2 amide bonds. The Balaban J connectivity index is 1.87. The van der Waals surface area contributed by atoms with Crippen molar-refractivity contribution in [3.05, 3.63) is 69.2 Å². The van der Waals surface area contributed by atoms with Crippen molar-refractivity contribution >= 4 is 27.7 Å². The SMILES string of the molecule is COc1ccc(Br)c(C2NC(=O)NC3=C2CCc2ccccc23)c1. The van der Waals surface area contributed by atoms with Crippen LogP contribution in [0, 0.1) is 0 Å². The van der Waals surface area contributed by atoms with Gasteiger partial charge >= 0.3 is 6.03 Å². The molecule has 0 saturated heterocycles. The molecule has 1 aliphatic carbocycles. The van der Waals surface area contributed by atoms with E-state index in [9.17, 15) is 4.79 Å². The van der Waals surface area contributed by atoms with Crippen LogP contribution in [0.1, 0.15) is 29.2 Å². The summed E-state index contributed by atoms with van der Waals surface area (Å²) in [4.78, 5) is 12.3. The summed E-state index contributed by atoms with van der Waals surface area (Å²) in [6, 6.07) is 13.8. The van der Waals surface area contributed by atoms with Crippen LogP contribution < -0.4 is 15.4 Å². The molecule has 0 saturated carbocycles. The van der Waals surface area contributed by atoms with Gasteiger partial charge in [0.1, 0.15) is 5.75 Å². The fourth-order valence-corrected chi connectivity index (χ4v) is 3.96. The zero-order valence-electron chi connectivity index (χ0n) is 13.2. The van der Waals surface area contributed by atoms with Crippen LogP contribution in [-0.4, -0.2) is 13.1 Å². The fourth-order valence-electron chi connectivity index (χ4n) is 3.49. The lowest BCUT2D eigenvalue weighted by Gasteiger charge is -2.34. The normalized spacial score (nSPS) is 19.1. The van der Waals surface area contributed by atoms with Gasteiger partial charge in [0.15, 0.2) is 0 Å². The molecule has 1 aliphatic heterocycles. The molecule has 2 N–H and O–H groups in total. The van der Waals surface area contributed by atoms with Crippen LogP contribution in [0.3, 0.4) is 0 Å². The summed E-state index contributed by atoms with van der Waals surface area (Å²) >= 11 is 3.61. The lowest BCUT2D eigenvalue weighted by Crippen LogP contribution is -2.44. The van der Waals surface area contributed by atoms with Crippen LogP contribution in [0.25, 0.3) is 5.70 Å². The Bertz CT molecular complexity index is 860. The number of aryl methyl sites for hydroxylation is 1. The molecule has 0 bridgehead atoms. The largest absolute Gasteiger partial charge is 0.497 e. The van der Waals surface area contributed by atoms with Crippen molar-refractivity contribution in [1.82, 2.24) is 10.6 Å². The number of benzene rings is 2. The molecule has 0 aromatic heterocycles. The number of carbonyl (C=O) groups excluding carboxylic acids is 1. The number of halogens is 1. The third-order valence-electron chi connectivity index (χ3n) is 4.65. The predicted molar refractivity (Wildman–Crippen MR) is 96.8 cm³/mol. The molecule has 122 valence electrons. The average molecular weight is 385 g/mol. The maximum Gasteiger partial charge on any atom is 0.320 e. The van der Waals surface area contributed by atoms with Gasteiger partial charge < -0.3 is 15.4 Å². The molecule has 2 aromatic carbocycles. The second-order valence-electron chi connectivity index (χ2n) is 5.98. The minimum Gasteiger partial charge on any atom is -0.497 e. The van der Waals surface area contributed by atoms with E-state index in [1.807, 2.05) is 30.3 Å². The van der Waals surface area contributed by atoms with E-state index < -0.39 is 0 Å². The first-order chi connectivity index (χ1) is 11.7. The number of ether oxygens (including phenoxy) is 1. The van der Waals surface area contributed by atoms with E-state index in [0.717, 1.165) is 39.9 Å². The van der Waals surface area contributed by atoms with Crippen molar-refractivity contribution in [3.63, 3.8) is 0 Å². The molecule has 2 aromatic rings. The van der Waals surface area contributed by atoms with Crippen molar-refractivity contribution in [2.75, 3.05) is 7.11 Å². The highest BCUT2D eigenvalue weighted by Gasteiger charge is 2.32. The summed E-state index contributed by atoms with van der Waals surface area (Å²) in [7, 11) is 1.65. The van der Waals surface area contributed by atoms with Gasteiger partial charge in [0.2, 0.25) is 0 Å². The monoisotopic (exact) mass is 384 g/mol. The highest BCUT2D eigenvalue weighted by atomic mass is 79.9. The van der Waals surface area contributed by atoms with E-state index in [1.54, 1.807) is 7.11 Å². The molecule has 5 heteroatoms. The van der Waals surface area contributed by atoms with Gasteiger partial charge in [-0.3, -0.25) is 0 Å². The first-order valence-electron chi connectivity index (χ1n) is 7.89. The molecular formula is C19H17BrN2O2. The third kappa shape index (κ3) is 2.49. The van der Waals surface area contributed by atoms with Gasteiger partial charge in [-0.2, -0.15) is 0 Å². The summed E-state index contributed by atoms with van der Waals surface area (Å²) in [5.74, 6) is 0.777. The molecule has 4 rings (SSSR count). The van der Waals surface area contributed by atoms with Crippen LogP contribution in [0.4, 0.5) is 4.79 Å². The Morgan fingerprint density at radius 3 is 2.83 bits per heavy atom. The number of nitrogens with one attached hydrogen (secondary N) is 2. The van der Waals surface area contributed by atoms with Crippen LogP contribution in [0.2, 0.25) is 0 Å². The van der Waals surface area contributed by atoms with Gasteiger partial charge in [0, 0.05) is 10.0 Å². The number of carbonyl (C=O) groups is 1. The van der Waals surface area contributed by atoms with E-state index in [1.165, 1.54) is 11.1 Å². The van der Waals surface area contributed by atoms with E-state index in [0.29, 0.717) is 0 Å². The molecule has 4 nitrogen and oxygen atoms in total. The summed E-state index contributed by atoms with van der Waals surface area (Å²) < 4.78 is 6.31. The Labute approximate surface area is 149 Å². The van der Waals surface area contributed by atoms with Gasteiger partial charge in [-0.1, -0.05) is 40.2 Å². The van der Waals surface area contributed by atoms with Crippen molar-refractivity contribution in [3.8, 4) is 5.75 Å². The summed E-state index contributed by atoms with van der Waals surface area (Å²) in [5, 5.41) is 6.07. The fraction of sp³-hybridized carbons (Fsp3) is 0.211. The van der Waals surface area contributed by atoms with Crippen molar-refractivity contribution in [2.45, 2.75) is 18.9 Å². The van der Waals surface area contributed by atoms with Crippen molar-refractivity contribution < 1.29 is 9.53 Å². The zero-order valence-corrected chi connectivity index (χ0v) is 14.8. The third-order valence-corrected chi connectivity index (χ3v) is 5.37. The summed E-state index contributed by atoms with van der Waals surface area (Å²) in [5.41, 5.74) is 5.57. The molecule has 0 spiro atoms. The molecule has 1 heterocycles. The number of methoxy groups -OCH3 is 1. The van der Waals surface area contributed by atoms with E-state index in [-0.39, 0.29) is 12.1 Å². The van der Waals surface area contributed by atoms with E-state index in [4.69, 9.17) is 4.74 Å². The minimum absolute atomic E-state index is 0.161. The van der Waals surface area contributed by atoms with Crippen molar-refractivity contribution in [1.29, 1.82) is 0 Å². The number of hydrogen-bond donors (Lipinski definition) is 2. The molecule has 24 heavy (non-hydrogen) atoms. The van der Waals surface area contributed by atoms with Crippen LogP contribution >= 0.6 is 15.9 Å². The van der Waals surface area contributed by atoms with Gasteiger partial charge in [-0.25, -0.2) is 4.79 Å². The van der Waals surface area contributed by atoms with Crippen LogP contribution in [0.15, 0.2) is 52.5 Å². The lowest BCUT2D eigenvalue weighted by atomic mass is 9.83. The minimum atomic E-state index is -0.176. The first kappa shape index (κ1) is 15.3. The van der Waals surface area contributed by atoms with Gasteiger partial charge in [-0.05, 0) is 47.7 Å². The maximum absolute atomic E-state index is 12.3. The second-order valence-corrected chi connectivity index (χ2v) is 6.83. The summed E-state index contributed by atoms with van der Waals surface area (Å²) in [6.45, 7) is 0. The molecule has 0 fully saturated rings. The van der Waals surface area contributed by atoms with Crippen LogP contribution in [0.5, 0.6) is 5.75 Å². The second kappa shape index (κ2) is 5.98. The van der Waals surface area contributed by atoms with Gasteiger partial charge in [-0.15, -0.1) is 0 Å². The first-order valence-corrected chi connectivity index (χ1v) is 8.69. The van der Waals surface area contributed by atoms with E-state index >= 15 is 0 Å². The number of rotatable bonds is 2. The number of hydrogen-bond acceptors (Lipinski definition) is 2. The molecule has 1 unspecified atom stereocenters. The number of urea groups is 1. The van der Waals surface area contributed by atoms with Crippen molar-refractivity contribution in [2.24, 2.45) is 0 Å². The Morgan fingerprint density at radius 1 is 1.17 bits per heavy atom. The van der Waals surface area contributed by atoms with E-state index in [2.05, 4.69) is 38.7 Å². The maximum atomic E-state index is 12.3. The smallest absolute Gasteiger partial charge is 0.320 e. The topological polar surface area (TPSA) is 50.4 Å².